The van der Waals surface area contributed by atoms with Gasteiger partial charge >= 0.3 is 0 Å². The van der Waals surface area contributed by atoms with Gasteiger partial charge in [-0.15, -0.1) is 10.2 Å². The van der Waals surface area contributed by atoms with Crippen LogP contribution in [0.15, 0.2) is 71.9 Å². The maximum atomic E-state index is 12.6. The van der Waals surface area contributed by atoms with E-state index in [1.165, 1.54) is 11.8 Å². The molecule has 0 aliphatic carbocycles. The van der Waals surface area contributed by atoms with E-state index in [0.717, 1.165) is 22.2 Å². The third kappa shape index (κ3) is 3.57. The van der Waals surface area contributed by atoms with E-state index in [4.69, 9.17) is 5.73 Å². The number of hydrogen-bond donors (Lipinski definition) is 1. The van der Waals surface area contributed by atoms with Crippen molar-refractivity contribution in [3.63, 3.8) is 0 Å². The number of hydrogen-bond acceptors (Lipinski definition) is 5. The van der Waals surface area contributed by atoms with Crippen molar-refractivity contribution in [2.24, 2.45) is 7.05 Å². The van der Waals surface area contributed by atoms with Crippen LogP contribution in [0.4, 0.5) is 5.69 Å². The summed E-state index contributed by atoms with van der Waals surface area (Å²) < 4.78 is 1.89. The number of carbonyl (C=O) groups is 1. The maximum absolute atomic E-state index is 12.6. The monoisotopic (exact) mass is 374 g/mol. The fourth-order valence-electron chi connectivity index (χ4n) is 2.90. The summed E-state index contributed by atoms with van der Waals surface area (Å²) >= 11 is 1.39. The van der Waals surface area contributed by atoms with Crippen molar-refractivity contribution in [1.29, 1.82) is 0 Å². The van der Waals surface area contributed by atoms with Crippen molar-refractivity contribution < 1.29 is 4.79 Å². The highest BCUT2D eigenvalue weighted by Crippen LogP contribution is 2.24. The number of anilines is 1. The molecular formula is C21H18N4OS. The number of ketones is 1. The Hall–Kier alpha value is -3.12. The van der Waals surface area contributed by atoms with Gasteiger partial charge in [-0.05, 0) is 41.1 Å². The Kier molecular flexibility index (Phi) is 4.64. The summed E-state index contributed by atoms with van der Waals surface area (Å²) in [5.74, 6) is 1.13. The van der Waals surface area contributed by atoms with Crippen molar-refractivity contribution in [3.8, 4) is 11.4 Å². The van der Waals surface area contributed by atoms with Crippen molar-refractivity contribution in [3.05, 3.63) is 72.3 Å². The van der Waals surface area contributed by atoms with Crippen LogP contribution in [0.1, 0.15) is 10.4 Å². The zero-order chi connectivity index (χ0) is 18.8. The fraction of sp³-hybridized carbons (Fsp3) is 0.0952. The topological polar surface area (TPSA) is 73.8 Å². The van der Waals surface area contributed by atoms with Crippen LogP contribution < -0.4 is 5.73 Å². The van der Waals surface area contributed by atoms with Crippen molar-refractivity contribution in [2.45, 2.75) is 5.16 Å². The molecule has 4 aromatic rings. The molecule has 1 aromatic heterocycles. The van der Waals surface area contributed by atoms with Crippen LogP contribution in [0.5, 0.6) is 0 Å². The van der Waals surface area contributed by atoms with E-state index in [0.29, 0.717) is 22.2 Å². The third-order valence-electron chi connectivity index (χ3n) is 4.41. The molecule has 0 aliphatic heterocycles. The molecule has 0 atom stereocenters. The van der Waals surface area contributed by atoms with Gasteiger partial charge in [0.15, 0.2) is 16.8 Å². The second kappa shape index (κ2) is 7.25. The summed E-state index contributed by atoms with van der Waals surface area (Å²) in [5, 5.41) is 11.4. The van der Waals surface area contributed by atoms with Crippen molar-refractivity contribution in [2.75, 3.05) is 11.5 Å². The quantitative estimate of drug-likeness (QED) is 0.322. The van der Waals surface area contributed by atoms with Crippen LogP contribution in [-0.4, -0.2) is 26.3 Å². The number of nitrogens with two attached hydrogens (primary N) is 1. The number of thioether (sulfide) groups is 1. The molecule has 2 N–H and O–H groups in total. The zero-order valence-electron chi connectivity index (χ0n) is 14.8. The fourth-order valence-corrected chi connectivity index (χ4v) is 3.71. The molecule has 3 aromatic carbocycles. The Labute approximate surface area is 161 Å². The van der Waals surface area contributed by atoms with Gasteiger partial charge in [0.05, 0.1) is 5.75 Å². The minimum atomic E-state index is 0.0720. The van der Waals surface area contributed by atoms with Crippen molar-refractivity contribution in [1.82, 2.24) is 14.8 Å². The predicted octanol–water partition coefficient (Wildman–Crippen LogP) is 4.19. The van der Waals surface area contributed by atoms with Gasteiger partial charge in [0, 0.05) is 23.9 Å². The highest BCUT2D eigenvalue weighted by molar-refractivity contribution is 7.99. The molecule has 0 saturated heterocycles. The summed E-state index contributed by atoms with van der Waals surface area (Å²) in [6.45, 7) is 0. The first-order valence-corrected chi connectivity index (χ1v) is 9.50. The second-order valence-corrected chi connectivity index (χ2v) is 7.20. The number of rotatable bonds is 5. The van der Waals surface area contributed by atoms with Crippen LogP contribution in [0.2, 0.25) is 0 Å². The third-order valence-corrected chi connectivity index (χ3v) is 5.43. The Balaban J connectivity index is 1.49. The second-order valence-electron chi connectivity index (χ2n) is 6.26. The minimum Gasteiger partial charge on any atom is -0.399 e. The lowest BCUT2D eigenvalue weighted by molar-refractivity contribution is 0.102. The average molecular weight is 374 g/mol. The minimum absolute atomic E-state index is 0.0720. The van der Waals surface area contributed by atoms with E-state index in [2.05, 4.69) is 10.2 Å². The van der Waals surface area contributed by atoms with Gasteiger partial charge in [-0.25, -0.2) is 0 Å². The van der Waals surface area contributed by atoms with E-state index >= 15 is 0 Å². The predicted molar refractivity (Wildman–Crippen MR) is 110 cm³/mol. The first kappa shape index (κ1) is 17.3. The number of aromatic nitrogens is 3. The first-order valence-electron chi connectivity index (χ1n) is 8.52. The van der Waals surface area contributed by atoms with E-state index < -0.39 is 0 Å². The zero-order valence-corrected chi connectivity index (χ0v) is 15.6. The Bertz CT molecular complexity index is 1120. The molecule has 0 aliphatic rings. The molecular weight excluding hydrogens is 356 g/mol. The summed E-state index contributed by atoms with van der Waals surface area (Å²) in [5.41, 5.74) is 8.09. The van der Waals surface area contributed by atoms with Gasteiger partial charge in [0.25, 0.3) is 0 Å². The molecule has 0 fully saturated rings. The van der Waals surface area contributed by atoms with Gasteiger partial charge in [-0.1, -0.05) is 48.2 Å². The molecule has 0 saturated carbocycles. The molecule has 0 spiro atoms. The van der Waals surface area contributed by atoms with Crippen molar-refractivity contribution >= 4 is 34.0 Å². The van der Waals surface area contributed by atoms with Crippen LogP contribution in [0.3, 0.4) is 0 Å². The number of benzene rings is 3. The summed E-state index contributed by atoms with van der Waals surface area (Å²) in [7, 11) is 1.90. The Morgan fingerprint density at radius 3 is 2.52 bits per heavy atom. The largest absolute Gasteiger partial charge is 0.399 e. The molecule has 134 valence electrons. The van der Waals surface area contributed by atoms with Crippen LogP contribution >= 0.6 is 11.8 Å². The molecule has 27 heavy (non-hydrogen) atoms. The van der Waals surface area contributed by atoms with Crippen LogP contribution in [0.25, 0.3) is 22.2 Å². The molecule has 5 nitrogen and oxygen atoms in total. The highest BCUT2D eigenvalue weighted by Gasteiger charge is 2.14. The van der Waals surface area contributed by atoms with Crippen LogP contribution in [-0.2, 0) is 7.05 Å². The summed E-state index contributed by atoms with van der Waals surface area (Å²) in [4.78, 5) is 12.6. The highest BCUT2D eigenvalue weighted by atomic mass is 32.2. The van der Waals surface area contributed by atoms with E-state index in [-0.39, 0.29) is 5.78 Å². The van der Waals surface area contributed by atoms with E-state index in [1.807, 2.05) is 78.3 Å². The summed E-state index contributed by atoms with van der Waals surface area (Å²) in [6, 6.07) is 21.3. The van der Waals surface area contributed by atoms with Crippen LogP contribution in [0, 0.1) is 0 Å². The number of carbonyl (C=O) groups excluding carboxylic acids is 1. The molecule has 0 bridgehead atoms. The Morgan fingerprint density at radius 1 is 1.00 bits per heavy atom. The lowest BCUT2D eigenvalue weighted by Crippen LogP contribution is -2.04. The lowest BCUT2D eigenvalue weighted by Gasteiger charge is -2.05. The van der Waals surface area contributed by atoms with Gasteiger partial charge in [0.2, 0.25) is 0 Å². The standard InChI is InChI=1S/C21H18N4OS/c1-25-20(15-8-10-18(22)11-9-15)23-24-21(25)27-13-19(26)17-7-6-14-4-2-3-5-16(14)12-17/h2-12H,13,22H2,1H3. The molecule has 4 rings (SSSR count). The van der Waals surface area contributed by atoms with Gasteiger partial charge in [-0.3, -0.25) is 4.79 Å². The van der Waals surface area contributed by atoms with Gasteiger partial charge < -0.3 is 10.3 Å². The first-order chi connectivity index (χ1) is 13.1. The van der Waals surface area contributed by atoms with Gasteiger partial charge in [-0.2, -0.15) is 0 Å². The molecule has 0 amide bonds. The number of nitrogens with zero attached hydrogens (tertiary/aromatic N) is 3. The average Bonchev–Trinajstić information content (AvgIpc) is 3.07. The maximum Gasteiger partial charge on any atom is 0.191 e. The van der Waals surface area contributed by atoms with E-state index in [1.54, 1.807) is 0 Å². The molecule has 6 heteroatoms. The number of nitrogen functional groups attached to an aromatic ring is 1. The smallest absolute Gasteiger partial charge is 0.191 e. The molecule has 0 unspecified atom stereocenters. The number of Topliss-reactive ketones (excluding diaryl/α,β-unsaturated/α-hetero) is 1. The van der Waals surface area contributed by atoms with E-state index in [9.17, 15) is 4.79 Å². The Morgan fingerprint density at radius 2 is 1.74 bits per heavy atom. The normalized spacial score (nSPS) is 11.0. The molecule has 0 radical (unpaired) electrons. The molecule has 1 heterocycles. The number of fused-ring (bicyclic) bond motifs is 1. The lowest BCUT2D eigenvalue weighted by atomic mass is 10.1. The summed E-state index contributed by atoms with van der Waals surface area (Å²) in [6.07, 6.45) is 0. The SMILES string of the molecule is Cn1c(SCC(=O)c2ccc3ccccc3c2)nnc1-c1ccc(N)cc1. The van der Waals surface area contributed by atoms with Gasteiger partial charge in [0.1, 0.15) is 0 Å².